The van der Waals surface area contributed by atoms with Crippen molar-refractivity contribution < 1.29 is 14.7 Å². The number of carboxylic acid groups (broad SMARTS) is 1. The Balaban J connectivity index is 1.66. The fourth-order valence-corrected chi connectivity index (χ4v) is 4.60. The summed E-state index contributed by atoms with van der Waals surface area (Å²) in [5.41, 5.74) is 5.29. The normalized spacial score (nSPS) is 13.1. The van der Waals surface area contributed by atoms with Gasteiger partial charge in [-0.2, -0.15) is 0 Å². The van der Waals surface area contributed by atoms with E-state index in [9.17, 15) is 9.59 Å². The van der Waals surface area contributed by atoms with Crippen LogP contribution in [-0.4, -0.2) is 17.0 Å². The molecule has 0 saturated heterocycles. The Hall–Kier alpha value is -3.40. The molecule has 0 saturated carbocycles. The first-order chi connectivity index (χ1) is 18.0. The standard InChI is InChI=1S/C33H41NO3/c1-2-3-4-5-6-8-13-28-14-16-30(17-15-28)26-34(32(35)24-20-27-11-9-7-10-12-27)31-22-18-29(19-23-31)21-25-33(36)37/h9,11-12,14-19,21-23,25H,2-8,10,13,20,24,26H2,1H3,(H,36,37)/b25-21+. The molecular weight excluding hydrogens is 458 g/mol. The molecule has 1 amide bonds. The summed E-state index contributed by atoms with van der Waals surface area (Å²) in [5.74, 6) is -0.892. The van der Waals surface area contributed by atoms with Gasteiger partial charge in [-0.05, 0) is 67.0 Å². The van der Waals surface area contributed by atoms with Crippen LogP contribution in [0.5, 0.6) is 0 Å². The molecule has 0 fully saturated rings. The van der Waals surface area contributed by atoms with E-state index in [1.807, 2.05) is 29.2 Å². The van der Waals surface area contributed by atoms with Crippen molar-refractivity contribution in [3.63, 3.8) is 0 Å². The second kappa shape index (κ2) is 15.7. The van der Waals surface area contributed by atoms with Crippen LogP contribution in [0.4, 0.5) is 5.69 Å². The molecule has 0 radical (unpaired) electrons. The van der Waals surface area contributed by atoms with E-state index in [1.54, 1.807) is 6.08 Å². The van der Waals surface area contributed by atoms with Crippen molar-refractivity contribution >= 4 is 23.6 Å². The maximum atomic E-state index is 13.4. The average Bonchev–Trinajstić information content (AvgIpc) is 2.93. The monoisotopic (exact) mass is 499 g/mol. The molecule has 4 nitrogen and oxygen atoms in total. The highest BCUT2D eigenvalue weighted by atomic mass is 16.4. The summed E-state index contributed by atoms with van der Waals surface area (Å²) in [6.07, 6.45) is 21.4. The van der Waals surface area contributed by atoms with Gasteiger partial charge in [0, 0.05) is 18.2 Å². The number of nitrogens with zero attached hydrogens (tertiary/aromatic N) is 1. The predicted molar refractivity (Wildman–Crippen MR) is 154 cm³/mol. The predicted octanol–water partition coefficient (Wildman–Crippen LogP) is 8.28. The van der Waals surface area contributed by atoms with Crippen LogP contribution in [0, 0.1) is 0 Å². The largest absolute Gasteiger partial charge is 0.478 e. The lowest BCUT2D eigenvalue weighted by Gasteiger charge is -2.24. The Kier molecular flexibility index (Phi) is 11.9. The maximum Gasteiger partial charge on any atom is 0.328 e. The second-order valence-electron chi connectivity index (χ2n) is 9.84. The zero-order valence-electron chi connectivity index (χ0n) is 22.2. The number of hydrogen-bond acceptors (Lipinski definition) is 2. The van der Waals surface area contributed by atoms with Gasteiger partial charge in [0.25, 0.3) is 0 Å². The first-order valence-electron chi connectivity index (χ1n) is 13.8. The van der Waals surface area contributed by atoms with Crippen molar-refractivity contribution in [2.45, 2.75) is 84.1 Å². The number of allylic oxidation sites excluding steroid dienone is 4. The second-order valence-corrected chi connectivity index (χ2v) is 9.84. The number of anilines is 1. The quantitative estimate of drug-likeness (QED) is 0.198. The van der Waals surface area contributed by atoms with Crippen LogP contribution in [0.3, 0.4) is 0 Å². The van der Waals surface area contributed by atoms with Gasteiger partial charge in [-0.1, -0.05) is 99.2 Å². The lowest BCUT2D eigenvalue weighted by Crippen LogP contribution is -2.30. The Bertz CT molecular complexity index is 1080. The number of benzene rings is 2. The van der Waals surface area contributed by atoms with Crippen LogP contribution in [0.15, 0.2) is 78.4 Å². The number of carbonyl (C=O) groups is 2. The fraction of sp³-hybridized carbons (Fsp3) is 0.394. The highest BCUT2D eigenvalue weighted by Crippen LogP contribution is 2.23. The summed E-state index contributed by atoms with van der Waals surface area (Å²) in [7, 11) is 0. The van der Waals surface area contributed by atoms with E-state index in [-0.39, 0.29) is 5.91 Å². The van der Waals surface area contributed by atoms with Gasteiger partial charge in [0.2, 0.25) is 5.91 Å². The molecule has 3 rings (SSSR count). The minimum atomic E-state index is -0.980. The molecule has 0 bridgehead atoms. The molecule has 0 unspecified atom stereocenters. The number of amides is 1. The zero-order chi connectivity index (χ0) is 26.3. The molecule has 1 aliphatic rings. The summed E-state index contributed by atoms with van der Waals surface area (Å²) < 4.78 is 0. The Morgan fingerprint density at radius 2 is 1.57 bits per heavy atom. The molecule has 1 aliphatic carbocycles. The third kappa shape index (κ3) is 10.2. The van der Waals surface area contributed by atoms with E-state index in [4.69, 9.17) is 5.11 Å². The van der Waals surface area contributed by atoms with Gasteiger partial charge in [-0.3, -0.25) is 4.79 Å². The summed E-state index contributed by atoms with van der Waals surface area (Å²) in [6, 6.07) is 16.2. The van der Waals surface area contributed by atoms with E-state index >= 15 is 0 Å². The summed E-state index contributed by atoms with van der Waals surface area (Å²) in [6.45, 7) is 2.76. The molecule has 2 aromatic rings. The first-order valence-corrected chi connectivity index (χ1v) is 13.8. The van der Waals surface area contributed by atoms with Crippen LogP contribution in [0.2, 0.25) is 0 Å². The van der Waals surface area contributed by atoms with Crippen LogP contribution < -0.4 is 4.90 Å². The van der Waals surface area contributed by atoms with Gasteiger partial charge in [0.1, 0.15) is 0 Å². The first kappa shape index (κ1) is 28.2. The van der Waals surface area contributed by atoms with Crippen LogP contribution in [0.1, 0.15) is 87.8 Å². The number of aryl methyl sites for hydroxylation is 1. The maximum absolute atomic E-state index is 13.4. The van der Waals surface area contributed by atoms with Crippen molar-refractivity contribution in [3.05, 3.63) is 95.1 Å². The molecule has 0 spiro atoms. The molecule has 0 atom stereocenters. The number of unbranched alkanes of at least 4 members (excludes halogenated alkanes) is 5. The van der Waals surface area contributed by atoms with Crippen molar-refractivity contribution in [2.75, 3.05) is 4.90 Å². The van der Waals surface area contributed by atoms with Gasteiger partial charge >= 0.3 is 5.97 Å². The minimum absolute atomic E-state index is 0.0878. The van der Waals surface area contributed by atoms with Crippen molar-refractivity contribution in [3.8, 4) is 0 Å². The zero-order valence-corrected chi connectivity index (χ0v) is 22.2. The molecule has 37 heavy (non-hydrogen) atoms. The molecular formula is C33H41NO3. The number of carbonyl (C=O) groups excluding carboxylic acids is 1. The van der Waals surface area contributed by atoms with E-state index in [1.165, 1.54) is 49.7 Å². The van der Waals surface area contributed by atoms with Gasteiger partial charge in [-0.15, -0.1) is 0 Å². The van der Waals surface area contributed by atoms with Crippen molar-refractivity contribution in [1.29, 1.82) is 0 Å². The highest BCUT2D eigenvalue weighted by molar-refractivity contribution is 5.93. The van der Waals surface area contributed by atoms with Crippen molar-refractivity contribution in [1.82, 2.24) is 0 Å². The number of hydrogen-bond donors (Lipinski definition) is 1. The smallest absolute Gasteiger partial charge is 0.328 e. The van der Waals surface area contributed by atoms with Crippen molar-refractivity contribution in [2.24, 2.45) is 0 Å². The Labute approximate surface area is 222 Å². The van der Waals surface area contributed by atoms with Crippen LogP contribution in [0.25, 0.3) is 6.08 Å². The lowest BCUT2D eigenvalue weighted by molar-refractivity contribution is -0.131. The molecule has 4 heteroatoms. The SMILES string of the molecule is CCCCCCCCc1ccc(CN(C(=O)CCC2=CCCC=C2)c2ccc(/C=C/C(=O)O)cc2)cc1. The average molecular weight is 500 g/mol. The Morgan fingerprint density at radius 3 is 2.24 bits per heavy atom. The highest BCUT2D eigenvalue weighted by Gasteiger charge is 2.17. The van der Waals surface area contributed by atoms with E-state index in [0.29, 0.717) is 13.0 Å². The lowest BCUT2D eigenvalue weighted by atomic mass is 10.0. The Morgan fingerprint density at radius 1 is 0.865 bits per heavy atom. The third-order valence-electron chi connectivity index (χ3n) is 6.81. The summed E-state index contributed by atoms with van der Waals surface area (Å²) in [4.78, 5) is 26.1. The molecule has 0 heterocycles. The topological polar surface area (TPSA) is 57.6 Å². The minimum Gasteiger partial charge on any atom is -0.478 e. The molecule has 196 valence electrons. The third-order valence-corrected chi connectivity index (χ3v) is 6.81. The van der Waals surface area contributed by atoms with E-state index in [0.717, 1.165) is 48.6 Å². The van der Waals surface area contributed by atoms with Gasteiger partial charge in [-0.25, -0.2) is 4.79 Å². The molecule has 2 aromatic carbocycles. The fourth-order valence-electron chi connectivity index (χ4n) is 4.60. The molecule has 0 aromatic heterocycles. The van der Waals surface area contributed by atoms with Crippen LogP contribution in [-0.2, 0) is 22.6 Å². The van der Waals surface area contributed by atoms with E-state index in [2.05, 4.69) is 49.4 Å². The molecule has 1 N–H and O–H groups in total. The number of rotatable bonds is 15. The number of aliphatic carboxylic acids is 1. The molecule has 0 aliphatic heterocycles. The van der Waals surface area contributed by atoms with Gasteiger partial charge in [0.15, 0.2) is 0 Å². The summed E-state index contributed by atoms with van der Waals surface area (Å²) >= 11 is 0. The summed E-state index contributed by atoms with van der Waals surface area (Å²) in [5, 5.41) is 8.88. The van der Waals surface area contributed by atoms with Crippen LogP contribution >= 0.6 is 0 Å². The number of carboxylic acids is 1. The van der Waals surface area contributed by atoms with Gasteiger partial charge < -0.3 is 10.0 Å². The van der Waals surface area contributed by atoms with E-state index < -0.39 is 5.97 Å². The van der Waals surface area contributed by atoms with Gasteiger partial charge in [0.05, 0.1) is 6.54 Å².